The highest BCUT2D eigenvalue weighted by Crippen LogP contribution is 2.18. The number of rotatable bonds is 5. The van der Waals surface area contributed by atoms with E-state index in [1.165, 1.54) is 0 Å². The Labute approximate surface area is 89.4 Å². The highest BCUT2D eigenvalue weighted by Gasteiger charge is 2.27. The Morgan fingerprint density at radius 3 is 2.93 bits per heavy atom. The Balaban J connectivity index is 2.25. The molecule has 1 aliphatic rings. The zero-order valence-electron chi connectivity index (χ0n) is 9.03. The van der Waals surface area contributed by atoms with E-state index in [1.54, 1.807) is 0 Å². The number of carboxylic acid groups (broad SMARTS) is 1. The molecule has 1 saturated heterocycles. The molecule has 1 aliphatic heterocycles. The Bertz CT molecular complexity index is 213. The SMILES string of the molecule is CC1(NCC(O)CC(=O)O)CCCOC1. The van der Waals surface area contributed by atoms with Gasteiger partial charge in [0.25, 0.3) is 0 Å². The van der Waals surface area contributed by atoms with E-state index < -0.39 is 12.1 Å². The summed E-state index contributed by atoms with van der Waals surface area (Å²) < 4.78 is 5.34. The monoisotopic (exact) mass is 217 g/mol. The van der Waals surface area contributed by atoms with Gasteiger partial charge in [-0.15, -0.1) is 0 Å². The van der Waals surface area contributed by atoms with E-state index >= 15 is 0 Å². The number of carboxylic acids is 1. The summed E-state index contributed by atoms with van der Waals surface area (Å²) in [5.41, 5.74) is -0.127. The van der Waals surface area contributed by atoms with E-state index in [0.717, 1.165) is 19.4 Å². The van der Waals surface area contributed by atoms with Crippen molar-refractivity contribution in [3.05, 3.63) is 0 Å². The van der Waals surface area contributed by atoms with Crippen LogP contribution in [0.3, 0.4) is 0 Å². The molecule has 2 unspecified atom stereocenters. The van der Waals surface area contributed by atoms with Gasteiger partial charge in [0.2, 0.25) is 0 Å². The van der Waals surface area contributed by atoms with E-state index in [1.807, 2.05) is 6.92 Å². The summed E-state index contributed by atoms with van der Waals surface area (Å²) in [6.45, 7) is 3.73. The lowest BCUT2D eigenvalue weighted by atomic mass is 9.94. The van der Waals surface area contributed by atoms with Gasteiger partial charge in [-0.25, -0.2) is 0 Å². The molecule has 15 heavy (non-hydrogen) atoms. The first kappa shape index (κ1) is 12.4. The maximum atomic E-state index is 10.3. The number of aliphatic hydroxyl groups excluding tert-OH is 1. The molecular weight excluding hydrogens is 198 g/mol. The fourth-order valence-corrected chi connectivity index (χ4v) is 1.71. The van der Waals surface area contributed by atoms with Crippen molar-refractivity contribution in [2.24, 2.45) is 0 Å². The molecule has 0 aromatic carbocycles. The van der Waals surface area contributed by atoms with Crippen molar-refractivity contribution < 1.29 is 19.7 Å². The minimum Gasteiger partial charge on any atom is -0.481 e. The maximum absolute atomic E-state index is 10.3. The lowest BCUT2D eigenvalue weighted by Crippen LogP contribution is -2.51. The quantitative estimate of drug-likeness (QED) is 0.603. The van der Waals surface area contributed by atoms with E-state index in [4.69, 9.17) is 9.84 Å². The van der Waals surface area contributed by atoms with Gasteiger partial charge in [-0.1, -0.05) is 0 Å². The molecular formula is C10H19NO4. The molecule has 0 aromatic heterocycles. The van der Waals surface area contributed by atoms with Gasteiger partial charge in [0, 0.05) is 18.7 Å². The maximum Gasteiger partial charge on any atom is 0.306 e. The number of β-amino-alcohol motifs (C(OH)–C–C–N with tert-alkyl or cyclic N) is 1. The minimum atomic E-state index is -0.977. The van der Waals surface area contributed by atoms with Crippen molar-refractivity contribution in [1.82, 2.24) is 5.32 Å². The van der Waals surface area contributed by atoms with Gasteiger partial charge in [0.05, 0.1) is 19.1 Å². The average molecular weight is 217 g/mol. The fourth-order valence-electron chi connectivity index (χ4n) is 1.71. The lowest BCUT2D eigenvalue weighted by Gasteiger charge is -2.35. The van der Waals surface area contributed by atoms with Gasteiger partial charge in [0.15, 0.2) is 0 Å². The summed E-state index contributed by atoms with van der Waals surface area (Å²) in [6.07, 6.45) is 0.941. The Morgan fingerprint density at radius 1 is 1.67 bits per heavy atom. The fraction of sp³-hybridized carbons (Fsp3) is 0.900. The van der Waals surface area contributed by atoms with E-state index in [2.05, 4.69) is 5.32 Å². The Hall–Kier alpha value is -0.650. The van der Waals surface area contributed by atoms with Crippen molar-refractivity contribution in [3.8, 4) is 0 Å². The largest absolute Gasteiger partial charge is 0.481 e. The molecule has 0 spiro atoms. The summed E-state index contributed by atoms with van der Waals surface area (Å²) in [7, 11) is 0. The Morgan fingerprint density at radius 2 is 2.40 bits per heavy atom. The molecule has 88 valence electrons. The topological polar surface area (TPSA) is 78.8 Å². The number of hydrogen-bond donors (Lipinski definition) is 3. The predicted octanol–water partition coefficient (Wildman–Crippen LogP) is -0.0193. The van der Waals surface area contributed by atoms with Gasteiger partial charge in [0.1, 0.15) is 0 Å². The van der Waals surface area contributed by atoms with E-state index in [9.17, 15) is 9.90 Å². The van der Waals surface area contributed by atoms with E-state index in [-0.39, 0.29) is 12.0 Å². The van der Waals surface area contributed by atoms with Crippen LogP contribution in [0, 0.1) is 0 Å². The molecule has 2 atom stereocenters. The van der Waals surface area contributed by atoms with E-state index in [0.29, 0.717) is 13.2 Å². The summed E-state index contributed by atoms with van der Waals surface area (Å²) in [4.78, 5) is 10.3. The molecule has 0 saturated carbocycles. The third-order valence-electron chi connectivity index (χ3n) is 2.61. The molecule has 0 bridgehead atoms. The highest BCUT2D eigenvalue weighted by molar-refractivity contribution is 5.67. The Kier molecular flexibility index (Phi) is 4.50. The summed E-state index contributed by atoms with van der Waals surface area (Å²) in [5.74, 6) is -0.977. The molecule has 1 rings (SSSR count). The first-order valence-electron chi connectivity index (χ1n) is 5.24. The number of carbonyl (C=O) groups is 1. The van der Waals surface area contributed by atoms with Crippen molar-refractivity contribution in [3.63, 3.8) is 0 Å². The highest BCUT2D eigenvalue weighted by atomic mass is 16.5. The molecule has 0 radical (unpaired) electrons. The average Bonchev–Trinajstić information content (AvgIpc) is 2.15. The van der Waals surface area contributed by atoms with Crippen LogP contribution in [0.25, 0.3) is 0 Å². The van der Waals surface area contributed by atoms with Gasteiger partial charge in [-0.2, -0.15) is 0 Å². The minimum absolute atomic E-state index is 0.127. The van der Waals surface area contributed by atoms with Gasteiger partial charge >= 0.3 is 5.97 Å². The van der Waals surface area contributed by atoms with Crippen molar-refractivity contribution >= 4 is 5.97 Å². The summed E-state index contributed by atoms with van der Waals surface area (Å²) in [5, 5.41) is 21.0. The second-order valence-electron chi connectivity index (χ2n) is 4.35. The van der Waals surface area contributed by atoms with Crippen LogP contribution in [0.5, 0.6) is 0 Å². The standard InChI is InChI=1S/C10H19NO4/c1-10(3-2-4-15-7-10)11-6-8(12)5-9(13)14/h8,11-12H,2-7H2,1H3,(H,13,14). The molecule has 5 nitrogen and oxygen atoms in total. The van der Waals surface area contributed by atoms with Crippen LogP contribution in [0.1, 0.15) is 26.2 Å². The van der Waals surface area contributed by atoms with Crippen molar-refractivity contribution in [1.29, 1.82) is 0 Å². The number of aliphatic carboxylic acids is 1. The zero-order valence-corrected chi connectivity index (χ0v) is 9.03. The van der Waals surface area contributed by atoms with Crippen LogP contribution < -0.4 is 5.32 Å². The smallest absolute Gasteiger partial charge is 0.306 e. The third-order valence-corrected chi connectivity index (χ3v) is 2.61. The van der Waals surface area contributed by atoms with Crippen LogP contribution in [0.4, 0.5) is 0 Å². The summed E-state index contributed by atoms with van der Waals surface area (Å²) in [6, 6.07) is 0. The second kappa shape index (κ2) is 5.44. The molecule has 0 aromatic rings. The predicted molar refractivity (Wildman–Crippen MR) is 54.7 cm³/mol. The molecule has 1 heterocycles. The number of nitrogens with one attached hydrogen (secondary N) is 1. The normalized spacial score (nSPS) is 28.7. The van der Waals surface area contributed by atoms with Crippen LogP contribution in [-0.2, 0) is 9.53 Å². The van der Waals surface area contributed by atoms with Crippen LogP contribution in [0.2, 0.25) is 0 Å². The molecule has 0 aliphatic carbocycles. The van der Waals surface area contributed by atoms with Crippen LogP contribution in [0.15, 0.2) is 0 Å². The van der Waals surface area contributed by atoms with Gasteiger partial charge in [-0.05, 0) is 19.8 Å². The first-order valence-corrected chi connectivity index (χ1v) is 5.24. The lowest BCUT2D eigenvalue weighted by molar-refractivity contribution is -0.139. The number of aliphatic hydroxyl groups is 1. The second-order valence-corrected chi connectivity index (χ2v) is 4.35. The van der Waals surface area contributed by atoms with Crippen molar-refractivity contribution in [2.45, 2.75) is 37.8 Å². The molecule has 1 fully saturated rings. The van der Waals surface area contributed by atoms with Crippen molar-refractivity contribution in [2.75, 3.05) is 19.8 Å². The van der Waals surface area contributed by atoms with Gasteiger partial charge in [-0.3, -0.25) is 4.79 Å². The third kappa shape index (κ3) is 4.59. The number of hydrogen-bond acceptors (Lipinski definition) is 4. The van der Waals surface area contributed by atoms with Crippen LogP contribution >= 0.6 is 0 Å². The molecule has 5 heteroatoms. The molecule has 0 amide bonds. The molecule has 3 N–H and O–H groups in total. The van der Waals surface area contributed by atoms with Gasteiger partial charge < -0.3 is 20.3 Å². The zero-order chi connectivity index (χ0) is 11.3. The first-order chi connectivity index (χ1) is 7.02. The number of ether oxygens (including phenoxy) is 1. The van der Waals surface area contributed by atoms with Crippen LogP contribution in [-0.4, -0.2) is 47.6 Å². The summed E-state index contributed by atoms with van der Waals surface area (Å²) >= 11 is 0.